The van der Waals surface area contributed by atoms with Gasteiger partial charge in [0.2, 0.25) is 0 Å². The van der Waals surface area contributed by atoms with E-state index in [9.17, 15) is 0 Å². The minimum atomic E-state index is 0. The van der Waals surface area contributed by atoms with E-state index in [0.717, 1.165) is 0 Å². The normalized spacial score (nSPS) is 8.00. The van der Waals surface area contributed by atoms with Crippen molar-refractivity contribution in [3.05, 3.63) is 18.5 Å². The molecule has 26 valence electrons. The maximum atomic E-state index is 4.33. The zero-order chi connectivity index (χ0) is 3.54. The highest BCUT2D eigenvalue weighted by Crippen LogP contribution is 1.72. The fourth-order valence-corrected chi connectivity index (χ4v) is 0.176. The molecule has 0 aliphatic heterocycles. The second-order valence-corrected chi connectivity index (χ2v) is 0.688. The van der Waals surface area contributed by atoms with Crippen LogP contribution in [0.3, 0.4) is 0 Å². The summed E-state index contributed by atoms with van der Waals surface area (Å²) in [4.78, 5) is 0. The zero-order valence-electron chi connectivity index (χ0n) is 3.59. The van der Waals surface area contributed by atoms with E-state index >= 15 is 0 Å². The van der Waals surface area contributed by atoms with E-state index in [1.807, 2.05) is 0 Å². The van der Waals surface area contributed by atoms with Crippen LogP contribution in [0.25, 0.3) is 0 Å². The molecule has 0 N–H and O–H groups in total. The van der Waals surface area contributed by atoms with Gasteiger partial charge in [-0.15, -0.1) is 0 Å². The van der Waals surface area contributed by atoms with Gasteiger partial charge >= 0.3 is 1.43 Å². The quantitative estimate of drug-likeness (QED) is 0.451. The van der Waals surface area contributed by atoms with E-state index < -0.39 is 0 Å². The molecule has 1 heterocycles. The van der Waals surface area contributed by atoms with Crippen molar-refractivity contribution in [3.63, 3.8) is 0 Å². The van der Waals surface area contributed by atoms with Crippen molar-refractivity contribution in [2.24, 2.45) is 0 Å². The van der Waals surface area contributed by atoms with Crippen LogP contribution in [0.1, 0.15) is 1.43 Å². The fourth-order valence-electron chi connectivity index (χ4n) is 0.176. The first kappa shape index (κ1) is 2.45. The maximum absolute atomic E-state index is 4.33. The average Bonchev–Trinajstić information content (AvgIpc) is 1.76. The van der Waals surface area contributed by atoms with Crippen molar-refractivity contribution >= 4 is 0 Å². The zero-order valence-corrected chi connectivity index (χ0v) is 2.59. The Morgan fingerprint density at radius 1 is 1.80 bits per heavy atom. The second-order valence-electron chi connectivity index (χ2n) is 0.688. The Kier molecular flexibility index (Phi) is 0.433. The van der Waals surface area contributed by atoms with Crippen LogP contribution in [0.2, 0.25) is 0 Å². The molecule has 0 bridgehead atoms. The fraction of sp³-hybridized carbons (Fsp3) is 0. The Balaban J connectivity index is 0.000000250. The molecule has 0 saturated heterocycles. The Labute approximate surface area is 30.9 Å². The Hall–Kier alpha value is -0.790. The molecule has 0 aliphatic rings. The van der Waals surface area contributed by atoms with Gasteiger partial charge in [0.05, 0.1) is 6.20 Å². The van der Waals surface area contributed by atoms with Crippen LogP contribution in [0.4, 0.5) is 0 Å². The lowest BCUT2D eigenvalue weighted by Gasteiger charge is -1.48. The summed E-state index contributed by atoms with van der Waals surface area (Å²) < 4.78 is 4.33. The number of hydrogen-bond donors (Lipinski definition) is 0. The van der Waals surface area contributed by atoms with E-state index in [2.05, 4.69) is 9.68 Å². The molecule has 0 aliphatic carbocycles. The Morgan fingerprint density at radius 2 is 2.80 bits per heavy atom. The van der Waals surface area contributed by atoms with Gasteiger partial charge in [0.25, 0.3) is 0 Å². The van der Waals surface area contributed by atoms with Crippen molar-refractivity contribution in [3.8, 4) is 0 Å². The third-order valence-corrected chi connectivity index (χ3v) is 0.347. The molecule has 1 aromatic heterocycles. The van der Waals surface area contributed by atoms with Gasteiger partial charge in [0, 0.05) is 0 Å². The Morgan fingerprint density at radius 3 is 3.00 bits per heavy atom. The van der Waals surface area contributed by atoms with E-state index in [1.54, 1.807) is 12.3 Å². The number of hydrogen-bond acceptors (Lipinski definition) is 2. The highest BCUT2D eigenvalue weighted by atomic mass is 16.5. The molecule has 5 heavy (non-hydrogen) atoms. The first-order valence-electron chi connectivity index (χ1n) is 1.34. The second kappa shape index (κ2) is 0.885. The van der Waals surface area contributed by atoms with Crippen LogP contribution in [0.15, 0.2) is 23.0 Å². The summed E-state index contributed by atoms with van der Waals surface area (Å²) in [6, 6.07) is 1.72. The predicted molar refractivity (Wildman–Crippen MR) is 17.6 cm³/mol. The summed E-state index contributed by atoms with van der Waals surface area (Å²) in [5.74, 6) is 0. The molecule has 2 nitrogen and oxygen atoms in total. The summed E-state index contributed by atoms with van der Waals surface area (Å²) in [6.07, 6.45) is 3.10. The van der Waals surface area contributed by atoms with Gasteiger partial charge in [-0.25, -0.2) is 0 Å². The van der Waals surface area contributed by atoms with Crippen molar-refractivity contribution < 1.29 is 5.95 Å². The molecule has 0 aromatic carbocycles. The van der Waals surface area contributed by atoms with Crippen LogP contribution in [0, 0.1) is 0 Å². The summed E-state index contributed by atoms with van der Waals surface area (Å²) in [5, 5.41) is 3.35. The molecule has 1 rings (SSSR count). The van der Waals surface area contributed by atoms with Gasteiger partial charge in [-0.1, -0.05) is 5.16 Å². The molecular weight excluding hydrogens is 66.0 g/mol. The average molecular weight is 70.1 g/mol. The topological polar surface area (TPSA) is 26.0 Å². The minimum Gasteiger partial charge on any atom is -0.365 e. The molecule has 0 unspecified atom stereocenters. The lowest BCUT2D eigenvalue weighted by atomic mass is 10.8. The van der Waals surface area contributed by atoms with Gasteiger partial charge < -0.3 is 4.52 Å². The molecule has 0 fully saturated rings. The van der Waals surface area contributed by atoms with Crippen LogP contribution in [-0.2, 0) is 0 Å². The van der Waals surface area contributed by atoms with E-state index in [1.165, 1.54) is 6.26 Å². The lowest BCUT2D eigenvalue weighted by Crippen LogP contribution is -1.38. The smallest absolute Gasteiger partial charge is 0.365 e. The van der Waals surface area contributed by atoms with Crippen LogP contribution >= 0.6 is 0 Å². The summed E-state index contributed by atoms with van der Waals surface area (Å²) >= 11 is 0. The van der Waals surface area contributed by atoms with E-state index in [-0.39, 0.29) is 1.43 Å². The molecule has 1 aromatic rings. The van der Waals surface area contributed by atoms with Crippen molar-refractivity contribution in [1.82, 2.24) is 5.16 Å². The standard InChI is InChI=1S/C3H3NO/c1-2-4-5-3-1/h1-3H/p+1. The SMILES string of the molecule is [H+].c1cnoc1. The largest absolute Gasteiger partial charge is 1.00 e. The van der Waals surface area contributed by atoms with Gasteiger partial charge in [-0.05, 0) is 6.07 Å². The minimum absolute atomic E-state index is 0. The monoisotopic (exact) mass is 70.0 g/mol. The van der Waals surface area contributed by atoms with E-state index in [0.29, 0.717) is 0 Å². The van der Waals surface area contributed by atoms with Crippen molar-refractivity contribution in [2.75, 3.05) is 0 Å². The molecular formula is C3H4NO+. The van der Waals surface area contributed by atoms with Crippen LogP contribution in [0.5, 0.6) is 0 Å². The molecule has 0 atom stereocenters. The summed E-state index contributed by atoms with van der Waals surface area (Å²) in [6.45, 7) is 0. The summed E-state index contributed by atoms with van der Waals surface area (Å²) in [5.41, 5.74) is 0. The van der Waals surface area contributed by atoms with Crippen LogP contribution < -0.4 is 0 Å². The molecule has 0 amide bonds. The number of rotatable bonds is 0. The lowest BCUT2D eigenvalue weighted by molar-refractivity contribution is 0.420. The van der Waals surface area contributed by atoms with Crippen LogP contribution in [-0.4, -0.2) is 5.16 Å². The molecule has 0 spiro atoms. The van der Waals surface area contributed by atoms with Gasteiger partial charge in [-0.2, -0.15) is 0 Å². The highest BCUT2D eigenvalue weighted by Gasteiger charge is 1.60. The number of aromatic nitrogens is 1. The van der Waals surface area contributed by atoms with Gasteiger partial charge in [0.1, 0.15) is 6.26 Å². The van der Waals surface area contributed by atoms with Gasteiger partial charge in [-0.3, -0.25) is 0 Å². The molecule has 0 saturated carbocycles. The van der Waals surface area contributed by atoms with Crippen molar-refractivity contribution in [1.29, 1.82) is 0 Å². The summed E-state index contributed by atoms with van der Waals surface area (Å²) in [7, 11) is 0. The maximum Gasteiger partial charge on any atom is 1.00 e. The van der Waals surface area contributed by atoms with Crippen molar-refractivity contribution in [2.45, 2.75) is 0 Å². The third-order valence-electron chi connectivity index (χ3n) is 0.347. The molecule has 0 radical (unpaired) electrons. The molecule has 2 heteroatoms. The van der Waals surface area contributed by atoms with Gasteiger partial charge in [0.15, 0.2) is 0 Å². The number of nitrogens with zero attached hydrogens (tertiary/aromatic N) is 1. The first-order chi connectivity index (χ1) is 2.50. The van der Waals surface area contributed by atoms with E-state index in [4.69, 9.17) is 0 Å². The predicted octanol–water partition coefficient (Wildman–Crippen LogP) is 0.787. The highest BCUT2D eigenvalue weighted by molar-refractivity contribution is 4.67. The Bertz CT molecular complexity index is 67.3. The first-order valence-corrected chi connectivity index (χ1v) is 1.34. The third kappa shape index (κ3) is 0.265.